The van der Waals surface area contributed by atoms with E-state index in [0.717, 1.165) is 44.9 Å². The van der Waals surface area contributed by atoms with Gasteiger partial charge in [-0.1, -0.05) is 106 Å². The number of hydrogen-bond donors (Lipinski definition) is 0. The van der Waals surface area contributed by atoms with Crippen LogP contribution in [-0.2, 0) is 19.1 Å². The molecule has 0 amide bonds. The van der Waals surface area contributed by atoms with Crippen LogP contribution in [0.4, 0.5) is 0 Å². The molecule has 1 atom stereocenters. The second kappa shape index (κ2) is 24.3. The van der Waals surface area contributed by atoms with Gasteiger partial charge in [0.2, 0.25) is 0 Å². The van der Waals surface area contributed by atoms with Crippen molar-refractivity contribution in [3.8, 4) is 0 Å². The zero-order valence-electron chi connectivity index (χ0n) is 25.1. The van der Waals surface area contributed by atoms with Crippen molar-refractivity contribution in [2.75, 3.05) is 13.2 Å². The summed E-state index contributed by atoms with van der Waals surface area (Å²) in [6.45, 7) is 14.4. The molecule has 0 saturated carbocycles. The van der Waals surface area contributed by atoms with E-state index in [-0.39, 0.29) is 11.9 Å². The third-order valence-corrected chi connectivity index (χ3v) is 7.21. The van der Waals surface area contributed by atoms with Crippen LogP contribution in [0.5, 0.6) is 0 Å². The summed E-state index contributed by atoms with van der Waals surface area (Å²) in [5.74, 6) is 2.32. The maximum atomic E-state index is 12.2. The Hall–Kier alpha value is -1.06. The molecule has 0 aromatic carbocycles. The van der Waals surface area contributed by atoms with Gasteiger partial charge in [-0.3, -0.25) is 9.59 Å². The first-order valence-electron chi connectivity index (χ1n) is 15.5. The lowest BCUT2D eigenvalue weighted by molar-refractivity contribution is -0.145. The van der Waals surface area contributed by atoms with Gasteiger partial charge in [-0.2, -0.15) is 0 Å². The molecule has 0 bridgehead atoms. The van der Waals surface area contributed by atoms with Crippen molar-refractivity contribution in [2.45, 2.75) is 157 Å². The van der Waals surface area contributed by atoms with Crippen LogP contribution < -0.4 is 0 Å². The normalized spacial score (nSPS) is 12.5. The highest BCUT2D eigenvalue weighted by atomic mass is 16.5. The van der Waals surface area contributed by atoms with E-state index in [2.05, 4.69) is 41.5 Å². The largest absolute Gasteiger partial charge is 0.466 e. The average molecular weight is 511 g/mol. The summed E-state index contributed by atoms with van der Waals surface area (Å²) < 4.78 is 10.8. The quantitative estimate of drug-likeness (QED) is 0.0906. The number of hydrogen-bond acceptors (Lipinski definition) is 4. The minimum absolute atomic E-state index is 0.00510. The molecule has 0 aromatic heterocycles. The summed E-state index contributed by atoms with van der Waals surface area (Å²) in [6.07, 6.45) is 20.3. The predicted octanol–water partition coefficient (Wildman–Crippen LogP) is 9.68. The fourth-order valence-corrected chi connectivity index (χ4v) is 4.64. The van der Waals surface area contributed by atoms with Crippen LogP contribution in [0.1, 0.15) is 157 Å². The van der Waals surface area contributed by atoms with Crippen molar-refractivity contribution in [1.29, 1.82) is 0 Å². The molecule has 0 radical (unpaired) electrons. The van der Waals surface area contributed by atoms with Crippen molar-refractivity contribution in [3.63, 3.8) is 0 Å². The standard InChI is InChI=1S/C32H62O4/c1-27(2)20-18-24-35-31(33)23-17-15-13-11-9-7-8-10-12-14-16-22-30(29(5)6)26-32(34)36-25-19-21-28(3)4/h27-30H,7-26H2,1-6H3. The van der Waals surface area contributed by atoms with E-state index in [9.17, 15) is 9.59 Å². The van der Waals surface area contributed by atoms with Gasteiger partial charge in [-0.25, -0.2) is 0 Å². The third-order valence-electron chi connectivity index (χ3n) is 7.21. The van der Waals surface area contributed by atoms with Gasteiger partial charge in [0.05, 0.1) is 13.2 Å². The molecular weight excluding hydrogens is 448 g/mol. The molecule has 0 aromatic rings. The number of rotatable bonds is 25. The van der Waals surface area contributed by atoms with E-state index in [4.69, 9.17) is 9.47 Å². The van der Waals surface area contributed by atoms with Crippen molar-refractivity contribution < 1.29 is 19.1 Å². The first-order chi connectivity index (χ1) is 17.2. The van der Waals surface area contributed by atoms with Gasteiger partial charge in [0.15, 0.2) is 0 Å². The molecular formula is C32H62O4. The van der Waals surface area contributed by atoms with E-state index in [1.54, 1.807) is 0 Å². The maximum absolute atomic E-state index is 12.2. The number of esters is 2. The molecule has 0 aliphatic heterocycles. The predicted molar refractivity (Wildman–Crippen MR) is 153 cm³/mol. The zero-order chi connectivity index (χ0) is 27.0. The lowest BCUT2D eigenvalue weighted by Crippen LogP contribution is -2.17. The SMILES string of the molecule is CC(C)CCCOC(=O)CCCCCCCCCCCCCC(CC(=O)OCCCC(C)C)C(C)C. The first kappa shape index (κ1) is 34.9. The first-order valence-corrected chi connectivity index (χ1v) is 15.5. The van der Waals surface area contributed by atoms with Crippen LogP contribution in [0.3, 0.4) is 0 Å². The molecule has 0 saturated heterocycles. The van der Waals surface area contributed by atoms with Gasteiger partial charge >= 0.3 is 11.9 Å². The molecule has 0 aliphatic rings. The highest BCUT2D eigenvalue weighted by Crippen LogP contribution is 2.23. The smallest absolute Gasteiger partial charge is 0.306 e. The zero-order valence-corrected chi connectivity index (χ0v) is 25.1. The molecule has 0 N–H and O–H groups in total. The second-order valence-electron chi connectivity index (χ2n) is 12.1. The van der Waals surface area contributed by atoms with Crippen molar-refractivity contribution in [1.82, 2.24) is 0 Å². The average Bonchev–Trinajstić information content (AvgIpc) is 2.81. The molecule has 214 valence electrons. The molecule has 4 nitrogen and oxygen atoms in total. The van der Waals surface area contributed by atoms with Gasteiger partial charge in [0.25, 0.3) is 0 Å². The highest BCUT2D eigenvalue weighted by molar-refractivity contribution is 5.69. The lowest BCUT2D eigenvalue weighted by Gasteiger charge is -2.20. The third kappa shape index (κ3) is 24.6. The molecule has 0 aliphatic carbocycles. The van der Waals surface area contributed by atoms with Crippen LogP contribution in [0.2, 0.25) is 0 Å². The Kier molecular flexibility index (Phi) is 23.6. The van der Waals surface area contributed by atoms with E-state index in [1.807, 2.05) is 0 Å². The van der Waals surface area contributed by atoms with Gasteiger partial charge in [-0.15, -0.1) is 0 Å². The Morgan fingerprint density at radius 3 is 1.36 bits per heavy atom. The highest BCUT2D eigenvalue weighted by Gasteiger charge is 2.18. The van der Waals surface area contributed by atoms with Crippen LogP contribution in [0.25, 0.3) is 0 Å². The monoisotopic (exact) mass is 510 g/mol. The molecule has 0 rings (SSSR count). The van der Waals surface area contributed by atoms with Crippen molar-refractivity contribution in [2.24, 2.45) is 23.7 Å². The topological polar surface area (TPSA) is 52.6 Å². The Morgan fingerprint density at radius 1 is 0.500 bits per heavy atom. The summed E-state index contributed by atoms with van der Waals surface area (Å²) >= 11 is 0. The van der Waals surface area contributed by atoms with E-state index in [1.165, 1.54) is 57.8 Å². The van der Waals surface area contributed by atoms with Crippen molar-refractivity contribution >= 4 is 11.9 Å². The summed E-state index contributed by atoms with van der Waals surface area (Å²) in [7, 11) is 0. The number of ether oxygens (including phenoxy) is 2. The summed E-state index contributed by atoms with van der Waals surface area (Å²) in [6, 6.07) is 0. The Balaban J connectivity index is 3.54. The number of unbranched alkanes of at least 4 members (excludes halogenated alkanes) is 10. The van der Waals surface area contributed by atoms with Gasteiger partial charge in [0, 0.05) is 12.8 Å². The lowest BCUT2D eigenvalue weighted by atomic mass is 9.87. The van der Waals surface area contributed by atoms with Crippen molar-refractivity contribution in [3.05, 3.63) is 0 Å². The van der Waals surface area contributed by atoms with E-state index in [0.29, 0.717) is 49.7 Å². The molecule has 36 heavy (non-hydrogen) atoms. The summed E-state index contributed by atoms with van der Waals surface area (Å²) in [4.78, 5) is 23.9. The number of carbonyl (C=O) groups is 2. The Morgan fingerprint density at radius 2 is 0.917 bits per heavy atom. The Labute approximate surface area is 225 Å². The minimum atomic E-state index is -0.0181. The van der Waals surface area contributed by atoms with Gasteiger partial charge in [-0.05, 0) is 62.2 Å². The summed E-state index contributed by atoms with van der Waals surface area (Å²) in [5.41, 5.74) is 0. The summed E-state index contributed by atoms with van der Waals surface area (Å²) in [5, 5.41) is 0. The van der Waals surface area contributed by atoms with E-state index < -0.39 is 0 Å². The van der Waals surface area contributed by atoms with Gasteiger partial charge < -0.3 is 9.47 Å². The fourth-order valence-electron chi connectivity index (χ4n) is 4.64. The van der Waals surface area contributed by atoms with Gasteiger partial charge in [0.1, 0.15) is 0 Å². The number of carbonyl (C=O) groups excluding carboxylic acids is 2. The van der Waals surface area contributed by atoms with Crippen LogP contribution in [0.15, 0.2) is 0 Å². The molecule has 1 unspecified atom stereocenters. The van der Waals surface area contributed by atoms with Crippen LogP contribution in [-0.4, -0.2) is 25.2 Å². The minimum Gasteiger partial charge on any atom is -0.466 e. The van der Waals surface area contributed by atoms with Crippen LogP contribution in [0, 0.1) is 23.7 Å². The fraction of sp³-hybridized carbons (Fsp3) is 0.938. The Bertz CT molecular complexity index is 512. The van der Waals surface area contributed by atoms with E-state index >= 15 is 0 Å². The molecule has 4 heteroatoms. The molecule has 0 spiro atoms. The molecule has 0 heterocycles. The molecule has 0 fully saturated rings. The maximum Gasteiger partial charge on any atom is 0.306 e. The second-order valence-corrected chi connectivity index (χ2v) is 12.1. The van der Waals surface area contributed by atoms with Crippen LogP contribution >= 0.6 is 0 Å².